The second kappa shape index (κ2) is 7.66. The molecule has 1 unspecified atom stereocenters. The number of aryl methyl sites for hydroxylation is 1. The third-order valence-electron chi connectivity index (χ3n) is 5.54. The Labute approximate surface area is 155 Å². The van der Waals surface area contributed by atoms with E-state index in [-0.39, 0.29) is 22.9 Å². The van der Waals surface area contributed by atoms with Gasteiger partial charge in [-0.15, -0.1) is 0 Å². The molecule has 0 spiro atoms. The van der Waals surface area contributed by atoms with E-state index >= 15 is 0 Å². The molecule has 0 aromatic heterocycles. The number of sulfonamides is 1. The molecule has 0 bridgehead atoms. The fraction of sp³-hybridized carbons (Fsp3) is 0.632. The zero-order valence-electron chi connectivity index (χ0n) is 15.5. The molecule has 1 N–H and O–H groups in total. The van der Waals surface area contributed by atoms with Crippen molar-refractivity contribution in [3.63, 3.8) is 0 Å². The van der Waals surface area contributed by atoms with E-state index in [1.54, 1.807) is 21.3 Å². The number of amides is 1. The zero-order chi connectivity index (χ0) is 18.9. The number of piperidine rings is 2. The van der Waals surface area contributed by atoms with Gasteiger partial charge in [0.1, 0.15) is 0 Å². The van der Waals surface area contributed by atoms with Crippen molar-refractivity contribution in [1.82, 2.24) is 9.21 Å². The summed E-state index contributed by atoms with van der Waals surface area (Å²) >= 11 is 0. The fourth-order valence-corrected chi connectivity index (χ4v) is 5.52. The van der Waals surface area contributed by atoms with Gasteiger partial charge in [-0.25, -0.2) is 8.42 Å². The summed E-state index contributed by atoms with van der Waals surface area (Å²) in [5, 5.41) is 9.63. The highest BCUT2D eigenvalue weighted by atomic mass is 32.2. The number of carbonyl (C=O) groups excluding carboxylic acids is 1. The fourth-order valence-electron chi connectivity index (χ4n) is 3.80. The Morgan fingerprint density at radius 2 is 1.81 bits per heavy atom. The number of aliphatic hydroxyl groups excluding tert-OH is 1. The van der Waals surface area contributed by atoms with E-state index in [0.29, 0.717) is 38.0 Å². The highest BCUT2D eigenvalue weighted by Crippen LogP contribution is 2.27. The number of likely N-dealkylation sites (tertiary alicyclic amines) is 1. The predicted octanol–water partition coefficient (Wildman–Crippen LogP) is 2.16. The lowest BCUT2D eigenvalue weighted by Gasteiger charge is -2.33. The molecular weight excluding hydrogens is 352 g/mol. The van der Waals surface area contributed by atoms with Crippen molar-refractivity contribution >= 4 is 15.9 Å². The van der Waals surface area contributed by atoms with Gasteiger partial charge in [0.15, 0.2) is 0 Å². The standard InChI is InChI=1S/C19H28N2O4S/c1-14-6-7-17(26(24,25)21-10-4-3-5-15(21)2)13-18(14)19(23)20-11-8-16(22)9-12-20/h6-7,13,15-16,22H,3-5,8-12H2,1-2H3. The number of carbonyl (C=O) groups is 1. The number of hydrogen-bond acceptors (Lipinski definition) is 4. The van der Waals surface area contributed by atoms with Crippen LogP contribution in [0.25, 0.3) is 0 Å². The van der Waals surface area contributed by atoms with Crippen molar-refractivity contribution in [2.45, 2.75) is 63.0 Å². The van der Waals surface area contributed by atoms with Crippen LogP contribution in [-0.2, 0) is 10.0 Å². The van der Waals surface area contributed by atoms with Crippen molar-refractivity contribution in [3.05, 3.63) is 29.3 Å². The molecule has 0 saturated carbocycles. The molecule has 1 atom stereocenters. The van der Waals surface area contributed by atoms with Crippen LogP contribution in [0.3, 0.4) is 0 Å². The molecule has 7 heteroatoms. The van der Waals surface area contributed by atoms with E-state index in [1.165, 1.54) is 6.07 Å². The first-order chi connectivity index (χ1) is 12.3. The largest absolute Gasteiger partial charge is 0.393 e. The van der Waals surface area contributed by atoms with Gasteiger partial charge in [-0.1, -0.05) is 12.5 Å². The molecule has 2 fully saturated rings. The Balaban J connectivity index is 1.88. The molecule has 2 aliphatic heterocycles. The highest BCUT2D eigenvalue weighted by molar-refractivity contribution is 7.89. The summed E-state index contributed by atoms with van der Waals surface area (Å²) in [5.74, 6) is -0.154. The summed E-state index contributed by atoms with van der Waals surface area (Å²) in [6.45, 7) is 5.30. The molecule has 0 radical (unpaired) electrons. The molecule has 6 nitrogen and oxygen atoms in total. The Hall–Kier alpha value is -1.44. The predicted molar refractivity (Wildman–Crippen MR) is 99.5 cm³/mol. The minimum atomic E-state index is -3.60. The minimum absolute atomic E-state index is 0.0159. The van der Waals surface area contributed by atoms with E-state index in [0.717, 1.165) is 24.8 Å². The third kappa shape index (κ3) is 3.80. The van der Waals surface area contributed by atoms with Crippen LogP contribution in [0.15, 0.2) is 23.1 Å². The molecule has 2 saturated heterocycles. The molecular formula is C19H28N2O4S. The average Bonchev–Trinajstić information content (AvgIpc) is 2.62. The molecule has 1 aromatic carbocycles. The van der Waals surface area contributed by atoms with Crippen molar-refractivity contribution in [2.75, 3.05) is 19.6 Å². The lowest BCUT2D eigenvalue weighted by atomic mass is 10.0. The SMILES string of the molecule is Cc1ccc(S(=O)(=O)N2CCCCC2C)cc1C(=O)N1CCC(O)CC1. The second-order valence-electron chi connectivity index (χ2n) is 7.46. The van der Waals surface area contributed by atoms with Gasteiger partial charge in [-0.05, 0) is 57.2 Å². The Morgan fingerprint density at radius 1 is 1.12 bits per heavy atom. The normalized spacial score (nSPS) is 23.2. The minimum Gasteiger partial charge on any atom is -0.393 e. The summed E-state index contributed by atoms with van der Waals surface area (Å²) in [7, 11) is -3.60. The average molecular weight is 381 g/mol. The Bertz CT molecular complexity index is 770. The smallest absolute Gasteiger partial charge is 0.254 e. The highest BCUT2D eigenvalue weighted by Gasteiger charge is 2.32. The Morgan fingerprint density at radius 3 is 2.46 bits per heavy atom. The first kappa shape index (κ1) is 19.3. The van der Waals surface area contributed by atoms with Gasteiger partial charge >= 0.3 is 0 Å². The van der Waals surface area contributed by atoms with E-state index in [1.807, 2.05) is 13.8 Å². The van der Waals surface area contributed by atoms with Crippen molar-refractivity contribution in [1.29, 1.82) is 0 Å². The third-order valence-corrected chi connectivity index (χ3v) is 7.55. The van der Waals surface area contributed by atoms with E-state index in [9.17, 15) is 18.3 Å². The van der Waals surface area contributed by atoms with Gasteiger partial charge in [0.2, 0.25) is 10.0 Å². The van der Waals surface area contributed by atoms with E-state index < -0.39 is 10.0 Å². The van der Waals surface area contributed by atoms with Crippen molar-refractivity contribution in [2.24, 2.45) is 0 Å². The number of rotatable bonds is 3. The molecule has 2 aliphatic rings. The maximum atomic E-state index is 13.1. The first-order valence-corrected chi connectivity index (χ1v) is 10.8. The van der Waals surface area contributed by atoms with Gasteiger partial charge in [-0.3, -0.25) is 4.79 Å². The van der Waals surface area contributed by atoms with Gasteiger partial charge < -0.3 is 10.0 Å². The summed E-state index contributed by atoms with van der Waals surface area (Å²) in [6.07, 6.45) is 3.56. The molecule has 1 aromatic rings. The molecule has 3 rings (SSSR count). The zero-order valence-corrected chi connectivity index (χ0v) is 16.3. The molecule has 0 aliphatic carbocycles. The lowest BCUT2D eigenvalue weighted by Crippen LogP contribution is -2.42. The lowest BCUT2D eigenvalue weighted by molar-refractivity contribution is 0.0545. The molecule has 144 valence electrons. The van der Waals surface area contributed by atoms with E-state index in [4.69, 9.17) is 0 Å². The van der Waals surface area contributed by atoms with Crippen molar-refractivity contribution in [3.8, 4) is 0 Å². The van der Waals surface area contributed by atoms with Crippen LogP contribution in [0.2, 0.25) is 0 Å². The van der Waals surface area contributed by atoms with Crippen LogP contribution in [0.5, 0.6) is 0 Å². The monoisotopic (exact) mass is 380 g/mol. The van der Waals surface area contributed by atoms with Gasteiger partial charge in [0, 0.05) is 31.2 Å². The van der Waals surface area contributed by atoms with Crippen LogP contribution in [-0.4, -0.2) is 60.4 Å². The number of hydrogen-bond donors (Lipinski definition) is 1. The van der Waals surface area contributed by atoms with Gasteiger partial charge in [-0.2, -0.15) is 4.31 Å². The second-order valence-corrected chi connectivity index (χ2v) is 9.35. The maximum Gasteiger partial charge on any atom is 0.254 e. The van der Waals surface area contributed by atoms with Crippen LogP contribution in [0.4, 0.5) is 0 Å². The number of nitrogens with zero attached hydrogens (tertiary/aromatic N) is 2. The molecule has 1 amide bonds. The molecule has 26 heavy (non-hydrogen) atoms. The van der Waals surface area contributed by atoms with Crippen LogP contribution < -0.4 is 0 Å². The van der Waals surface area contributed by atoms with Crippen LogP contribution in [0.1, 0.15) is 54.9 Å². The van der Waals surface area contributed by atoms with Crippen LogP contribution in [0, 0.1) is 6.92 Å². The quantitative estimate of drug-likeness (QED) is 0.872. The van der Waals surface area contributed by atoms with Crippen molar-refractivity contribution < 1.29 is 18.3 Å². The van der Waals surface area contributed by atoms with Crippen LogP contribution >= 0.6 is 0 Å². The van der Waals surface area contributed by atoms with Gasteiger partial charge in [0.05, 0.1) is 11.0 Å². The van der Waals surface area contributed by atoms with E-state index in [2.05, 4.69) is 0 Å². The first-order valence-electron chi connectivity index (χ1n) is 9.40. The number of benzene rings is 1. The Kier molecular flexibility index (Phi) is 5.69. The maximum absolute atomic E-state index is 13.1. The molecule has 2 heterocycles. The number of aliphatic hydroxyl groups is 1. The summed E-state index contributed by atoms with van der Waals surface area (Å²) in [6, 6.07) is 4.83. The summed E-state index contributed by atoms with van der Waals surface area (Å²) in [5.41, 5.74) is 1.21. The topological polar surface area (TPSA) is 77.9 Å². The van der Waals surface area contributed by atoms with Gasteiger partial charge in [0.25, 0.3) is 5.91 Å². The summed E-state index contributed by atoms with van der Waals surface area (Å²) < 4.78 is 27.7. The summed E-state index contributed by atoms with van der Waals surface area (Å²) in [4.78, 5) is 14.8.